The first-order chi connectivity index (χ1) is 12.4. The van der Waals surface area contributed by atoms with Gasteiger partial charge < -0.3 is 14.5 Å². The highest BCUT2D eigenvalue weighted by Crippen LogP contribution is 2.43. The van der Waals surface area contributed by atoms with Gasteiger partial charge in [0, 0.05) is 41.4 Å². The van der Waals surface area contributed by atoms with E-state index in [9.17, 15) is 4.79 Å². The Morgan fingerprint density at radius 1 is 1.15 bits per heavy atom. The van der Waals surface area contributed by atoms with Crippen LogP contribution in [0.4, 0.5) is 11.4 Å². The molecule has 4 nitrogen and oxygen atoms in total. The maximum atomic E-state index is 13.0. The van der Waals surface area contributed by atoms with Crippen LogP contribution in [0.5, 0.6) is 5.75 Å². The van der Waals surface area contributed by atoms with E-state index in [1.807, 2.05) is 36.9 Å². The summed E-state index contributed by atoms with van der Waals surface area (Å²) in [7, 11) is 1.68. The first kappa shape index (κ1) is 17.4. The fraction of sp³-hybridized carbons (Fsp3) is 0.381. The highest BCUT2D eigenvalue weighted by atomic mass is 79.9. The minimum Gasteiger partial charge on any atom is -0.497 e. The normalized spacial score (nSPS) is 18.7. The summed E-state index contributed by atoms with van der Waals surface area (Å²) in [6.45, 7) is 6.76. The first-order valence-electron chi connectivity index (χ1n) is 8.91. The zero-order valence-electron chi connectivity index (χ0n) is 15.3. The largest absolute Gasteiger partial charge is 0.497 e. The molecule has 0 radical (unpaired) electrons. The molecule has 0 saturated carbocycles. The molecule has 2 aromatic carbocycles. The molecule has 2 aliphatic rings. The Morgan fingerprint density at radius 3 is 2.50 bits per heavy atom. The molecule has 5 heteroatoms. The Kier molecular flexibility index (Phi) is 4.22. The average molecular weight is 415 g/mol. The van der Waals surface area contributed by atoms with Gasteiger partial charge in [-0.3, -0.25) is 4.79 Å². The van der Waals surface area contributed by atoms with Gasteiger partial charge in [0.15, 0.2) is 0 Å². The van der Waals surface area contributed by atoms with Crippen molar-refractivity contribution >= 4 is 33.2 Å². The zero-order chi connectivity index (χ0) is 18.5. The van der Waals surface area contributed by atoms with Gasteiger partial charge in [-0.2, -0.15) is 0 Å². The van der Waals surface area contributed by atoms with E-state index in [4.69, 9.17) is 4.74 Å². The van der Waals surface area contributed by atoms with E-state index in [0.29, 0.717) is 5.92 Å². The molecule has 1 fully saturated rings. The maximum Gasteiger partial charge on any atom is 0.237 e. The summed E-state index contributed by atoms with van der Waals surface area (Å²) in [5.41, 5.74) is 2.93. The topological polar surface area (TPSA) is 32.8 Å². The number of halogens is 1. The number of carbonyl (C=O) groups excluding carboxylic acids is 1. The van der Waals surface area contributed by atoms with E-state index in [1.165, 1.54) is 5.69 Å². The summed E-state index contributed by atoms with van der Waals surface area (Å²) >= 11 is 3.54. The molecule has 0 aromatic heterocycles. The first-order valence-corrected chi connectivity index (χ1v) is 9.70. The second kappa shape index (κ2) is 6.31. The number of methoxy groups -OCH3 is 1. The van der Waals surface area contributed by atoms with Gasteiger partial charge in [-0.15, -0.1) is 0 Å². The number of anilines is 2. The Hall–Kier alpha value is -2.01. The standard InChI is InChI=1S/C21H23BrN2O2/c1-21(2)18-9-4-15(22)10-19(18)24(20(21)25)13-14-11-23(12-14)16-5-7-17(26-3)8-6-16/h4-10,14H,11-13H2,1-3H3. The molecule has 26 heavy (non-hydrogen) atoms. The third-order valence-corrected chi connectivity index (χ3v) is 6.03. The van der Waals surface area contributed by atoms with E-state index >= 15 is 0 Å². The van der Waals surface area contributed by atoms with E-state index in [0.717, 1.165) is 41.1 Å². The Bertz CT molecular complexity index is 842. The number of carbonyl (C=O) groups is 1. The summed E-state index contributed by atoms with van der Waals surface area (Å²) in [6.07, 6.45) is 0. The molecule has 2 aromatic rings. The number of nitrogens with zero attached hydrogens (tertiary/aromatic N) is 2. The SMILES string of the molecule is COc1ccc(N2CC(CN3C(=O)C(C)(C)c4ccc(Br)cc43)C2)cc1. The number of hydrogen-bond acceptors (Lipinski definition) is 3. The van der Waals surface area contributed by atoms with Crippen molar-refractivity contribution in [3.05, 3.63) is 52.5 Å². The van der Waals surface area contributed by atoms with Crippen molar-refractivity contribution in [1.29, 1.82) is 0 Å². The molecule has 0 atom stereocenters. The minimum atomic E-state index is -0.449. The highest BCUT2D eigenvalue weighted by Gasteiger charge is 2.45. The van der Waals surface area contributed by atoms with E-state index in [1.54, 1.807) is 7.11 Å². The summed E-state index contributed by atoms with van der Waals surface area (Å²) in [6, 6.07) is 14.3. The molecule has 2 aliphatic heterocycles. The molecule has 0 N–H and O–H groups in total. The molecule has 1 amide bonds. The number of benzene rings is 2. The molecule has 0 aliphatic carbocycles. The highest BCUT2D eigenvalue weighted by molar-refractivity contribution is 9.10. The van der Waals surface area contributed by atoms with Gasteiger partial charge in [-0.25, -0.2) is 0 Å². The van der Waals surface area contributed by atoms with Gasteiger partial charge in [0.25, 0.3) is 0 Å². The molecule has 1 saturated heterocycles. The number of ether oxygens (including phenoxy) is 1. The molecular weight excluding hydrogens is 392 g/mol. The van der Waals surface area contributed by atoms with Gasteiger partial charge in [-0.05, 0) is 55.8 Å². The van der Waals surface area contributed by atoms with Crippen LogP contribution in [0.3, 0.4) is 0 Å². The van der Waals surface area contributed by atoms with Crippen LogP contribution < -0.4 is 14.5 Å². The third-order valence-electron chi connectivity index (χ3n) is 5.54. The average Bonchev–Trinajstić information content (AvgIpc) is 2.77. The minimum absolute atomic E-state index is 0.202. The predicted octanol–water partition coefficient (Wildman–Crippen LogP) is 4.22. The van der Waals surface area contributed by atoms with Crippen LogP contribution in [-0.4, -0.2) is 32.7 Å². The number of fused-ring (bicyclic) bond motifs is 1. The maximum absolute atomic E-state index is 13.0. The molecule has 0 unspecified atom stereocenters. The van der Waals surface area contributed by atoms with Crippen LogP contribution in [0, 0.1) is 5.92 Å². The van der Waals surface area contributed by atoms with Crippen LogP contribution in [0.25, 0.3) is 0 Å². The second-order valence-electron chi connectivity index (χ2n) is 7.67. The van der Waals surface area contributed by atoms with Crippen LogP contribution in [0.2, 0.25) is 0 Å². The van der Waals surface area contributed by atoms with Gasteiger partial charge in [0.1, 0.15) is 5.75 Å². The van der Waals surface area contributed by atoms with Crippen molar-refractivity contribution < 1.29 is 9.53 Å². The van der Waals surface area contributed by atoms with Crippen LogP contribution in [0.1, 0.15) is 19.4 Å². The van der Waals surface area contributed by atoms with Gasteiger partial charge >= 0.3 is 0 Å². The van der Waals surface area contributed by atoms with Crippen molar-refractivity contribution in [2.24, 2.45) is 5.92 Å². The van der Waals surface area contributed by atoms with Crippen LogP contribution >= 0.6 is 15.9 Å². The lowest BCUT2D eigenvalue weighted by Crippen LogP contribution is -2.53. The second-order valence-corrected chi connectivity index (χ2v) is 8.59. The van der Waals surface area contributed by atoms with E-state index in [2.05, 4.69) is 45.1 Å². The summed E-state index contributed by atoms with van der Waals surface area (Å²) in [5, 5.41) is 0. The molecule has 4 rings (SSSR count). The Morgan fingerprint density at radius 2 is 1.85 bits per heavy atom. The van der Waals surface area contributed by atoms with Crippen molar-refractivity contribution in [3.63, 3.8) is 0 Å². The predicted molar refractivity (Wildman–Crippen MR) is 108 cm³/mol. The van der Waals surface area contributed by atoms with Crippen molar-refractivity contribution in [2.75, 3.05) is 36.5 Å². The Labute approximate surface area is 162 Å². The Balaban J connectivity index is 1.46. The smallest absolute Gasteiger partial charge is 0.237 e. The lowest BCUT2D eigenvalue weighted by Gasteiger charge is -2.42. The number of rotatable bonds is 4. The zero-order valence-corrected chi connectivity index (χ0v) is 16.9. The molecule has 136 valence electrons. The summed E-state index contributed by atoms with van der Waals surface area (Å²) in [4.78, 5) is 17.3. The van der Waals surface area contributed by atoms with Crippen molar-refractivity contribution in [2.45, 2.75) is 19.3 Å². The lowest BCUT2D eigenvalue weighted by atomic mass is 9.86. The van der Waals surface area contributed by atoms with Crippen molar-refractivity contribution in [1.82, 2.24) is 0 Å². The van der Waals surface area contributed by atoms with E-state index < -0.39 is 5.41 Å². The van der Waals surface area contributed by atoms with Crippen molar-refractivity contribution in [3.8, 4) is 5.75 Å². The summed E-state index contributed by atoms with van der Waals surface area (Å²) < 4.78 is 6.23. The molecule has 0 spiro atoms. The van der Waals surface area contributed by atoms with Gasteiger partial charge in [0.2, 0.25) is 5.91 Å². The van der Waals surface area contributed by atoms with Gasteiger partial charge in [0.05, 0.1) is 12.5 Å². The molecular formula is C21H23BrN2O2. The summed E-state index contributed by atoms with van der Waals surface area (Å²) in [5.74, 6) is 1.56. The third kappa shape index (κ3) is 2.78. The quantitative estimate of drug-likeness (QED) is 0.750. The molecule has 0 bridgehead atoms. The monoisotopic (exact) mass is 414 g/mol. The van der Waals surface area contributed by atoms with Crippen LogP contribution in [-0.2, 0) is 10.2 Å². The lowest BCUT2D eigenvalue weighted by molar-refractivity contribution is -0.122. The fourth-order valence-corrected chi connectivity index (χ4v) is 4.30. The van der Waals surface area contributed by atoms with Crippen LogP contribution in [0.15, 0.2) is 46.9 Å². The fourth-order valence-electron chi connectivity index (χ4n) is 3.95. The number of hydrogen-bond donors (Lipinski definition) is 0. The number of amides is 1. The van der Waals surface area contributed by atoms with E-state index in [-0.39, 0.29) is 5.91 Å². The molecule has 2 heterocycles. The van der Waals surface area contributed by atoms with Gasteiger partial charge in [-0.1, -0.05) is 22.0 Å².